The van der Waals surface area contributed by atoms with Crippen LogP contribution in [0.3, 0.4) is 0 Å². The Morgan fingerprint density at radius 2 is 1.55 bits per heavy atom. The van der Waals surface area contributed by atoms with Gasteiger partial charge in [-0.1, -0.05) is 47.1 Å². The molecule has 31 heavy (non-hydrogen) atoms. The molecular weight excluding hydrogens is 465 g/mol. The summed E-state index contributed by atoms with van der Waals surface area (Å²) in [5.41, 5.74) is 0.0589. The van der Waals surface area contributed by atoms with Gasteiger partial charge in [0, 0.05) is 15.6 Å². The number of rotatable bonds is 5. The molecule has 0 bridgehead atoms. The first-order valence-corrected chi connectivity index (χ1v) is 10.5. The van der Waals surface area contributed by atoms with Crippen molar-refractivity contribution in [2.75, 3.05) is 10.2 Å². The first-order valence-electron chi connectivity index (χ1n) is 8.88. The molecule has 0 radical (unpaired) electrons. The van der Waals surface area contributed by atoms with Crippen LogP contribution in [0.25, 0.3) is 0 Å². The lowest BCUT2D eigenvalue weighted by molar-refractivity contribution is -0.120. The van der Waals surface area contributed by atoms with Gasteiger partial charge >= 0.3 is 0 Å². The van der Waals surface area contributed by atoms with E-state index in [-0.39, 0.29) is 21.3 Å². The number of hydrogen-bond donors (Lipinski definition) is 1. The van der Waals surface area contributed by atoms with Crippen molar-refractivity contribution in [3.05, 3.63) is 99.0 Å². The second-order valence-corrected chi connectivity index (χ2v) is 8.34. The summed E-state index contributed by atoms with van der Waals surface area (Å²) < 4.78 is 27.9. The Labute approximate surface area is 190 Å². The molecule has 1 aliphatic rings. The molecule has 0 saturated carbocycles. The van der Waals surface area contributed by atoms with Gasteiger partial charge in [-0.2, -0.15) is 0 Å². The van der Waals surface area contributed by atoms with E-state index in [1.165, 1.54) is 30.3 Å². The van der Waals surface area contributed by atoms with Crippen LogP contribution in [0.5, 0.6) is 0 Å². The molecule has 0 saturated heterocycles. The second kappa shape index (κ2) is 8.70. The topological polar surface area (TPSA) is 49.4 Å². The van der Waals surface area contributed by atoms with Crippen molar-refractivity contribution in [2.24, 2.45) is 0 Å². The molecule has 0 spiro atoms. The quantitative estimate of drug-likeness (QED) is 0.441. The van der Waals surface area contributed by atoms with Crippen LogP contribution in [0.2, 0.25) is 10.0 Å². The van der Waals surface area contributed by atoms with Gasteiger partial charge in [0.2, 0.25) is 0 Å². The molecule has 9 heteroatoms. The molecule has 3 aromatic rings. The molecule has 0 aliphatic carbocycles. The number of nitrogens with zero attached hydrogens (tertiary/aromatic N) is 1. The fourth-order valence-electron chi connectivity index (χ4n) is 2.91. The van der Waals surface area contributed by atoms with E-state index in [0.29, 0.717) is 15.6 Å². The zero-order valence-corrected chi connectivity index (χ0v) is 17.9. The molecule has 4 rings (SSSR count). The Hall–Kier alpha value is -2.87. The monoisotopic (exact) mass is 476 g/mol. The Kier molecular flexibility index (Phi) is 6.00. The van der Waals surface area contributed by atoms with Gasteiger partial charge in [0.1, 0.15) is 22.2 Å². The maximum atomic E-state index is 14.4. The van der Waals surface area contributed by atoms with Crippen LogP contribution < -0.4 is 10.2 Å². The molecule has 1 aliphatic heterocycles. The minimum absolute atomic E-state index is 0.0519. The zero-order chi connectivity index (χ0) is 22.1. The summed E-state index contributed by atoms with van der Waals surface area (Å²) >= 11 is 12.8. The zero-order valence-electron chi connectivity index (χ0n) is 15.5. The summed E-state index contributed by atoms with van der Waals surface area (Å²) in [5.74, 6) is -2.78. The normalized spacial score (nSPS) is 13.9. The van der Waals surface area contributed by atoms with E-state index in [0.717, 1.165) is 28.8 Å². The van der Waals surface area contributed by atoms with Crippen LogP contribution in [0.4, 0.5) is 20.2 Å². The molecule has 3 aromatic carbocycles. The Balaban J connectivity index is 1.77. The van der Waals surface area contributed by atoms with Crippen molar-refractivity contribution in [1.82, 2.24) is 0 Å². The SMILES string of the molecule is O=C1C(Nc2ccc(F)c(Cl)c2)=C(Sc2ccc(Cl)cc2)C(=O)N1c1ccccc1F. The number of thioether (sulfide) groups is 1. The first kappa shape index (κ1) is 21.4. The molecule has 156 valence electrons. The number of imide groups is 1. The lowest BCUT2D eigenvalue weighted by atomic mass is 10.2. The Bertz CT molecular complexity index is 1230. The van der Waals surface area contributed by atoms with E-state index in [4.69, 9.17) is 23.2 Å². The largest absolute Gasteiger partial charge is 0.350 e. The van der Waals surface area contributed by atoms with Crippen molar-refractivity contribution in [1.29, 1.82) is 0 Å². The van der Waals surface area contributed by atoms with Gasteiger partial charge in [-0.15, -0.1) is 0 Å². The summed E-state index contributed by atoms with van der Waals surface area (Å²) in [6, 6.07) is 16.0. The fraction of sp³-hybridized carbons (Fsp3) is 0. The predicted molar refractivity (Wildman–Crippen MR) is 118 cm³/mol. The summed E-state index contributed by atoms with van der Waals surface area (Å²) in [6.45, 7) is 0. The van der Waals surface area contributed by atoms with Gasteiger partial charge in [-0.05, 0) is 54.6 Å². The number of carbonyl (C=O) groups is 2. The summed E-state index contributed by atoms with van der Waals surface area (Å²) in [4.78, 5) is 27.8. The highest BCUT2D eigenvalue weighted by atomic mass is 35.5. The lowest BCUT2D eigenvalue weighted by Gasteiger charge is -2.16. The van der Waals surface area contributed by atoms with E-state index in [2.05, 4.69) is 5.32 Å². The van der Waals surface area contributed by atoms with Crippen LogP contribution in [0.1, 0.15) is 0 Å². The number of amides is 2. The van der Waals surface area contributed by atoms with Crippen LogP contribution in [0, 0.1) is 11.6 Å². The number of hydrogen-bond acceptors (Lipinski definition) is 4. The summed E-state index contributed by atoms with van der Waals surface area (Å²) in [7, 11) is 0. The fourth-order valence-corrected chi connectivity index (χ4v) is 4.14. The van der Waals surface area contributed by atoms with Crippen molar-refractivity contribution in [3.8, 4) is 0 Å². The Morgan fingerprint density at radius 3 is 2.23 bits per heavy atom. The average molecular weight is 477 g/mol. The van der Waals surface area contributed by atoms with Gasteiger partial charge in [0.25, 0.3) is 11.8 Å². The van der Waals surface area contributed by atoms with E-state index in [1.54, 1.807) is 24.3 Å². The number of benzene rings is 3. The smallest absolute Gasteiger partial charge is 0.283 e. The maximum absolute atomic E-state index is 14.4. The molecule has 0 atom stereocenters. The summed E-state index contributed by atoms with van der Waals surface area (Å²) in [5, 5.41) is 3.20. The van der Waals surface area contributed by atoms with E-state index in [1.807, 2.05) is 0 Å². The van der Waals surface area contributed by atoms with Crippen LogP contribution in [-0.4, -0.2) is 11.8 Å². The van der Waals surface area contributed by atoms with Crippen molar-refractivity contribution >= 4 is 58.2 Å². The number of anilines is 2. The summed E-state index contributed by atoms with van der Waals surface area (Å²) in [6.07, 6.45) is 0. The highest BCUT2D eigenvalue weighted by molar-refractivity contribution is 8.04. The van der Waals surface area contributed by atoms with Gasteiger partial charge < -0.3 is 5.32 Å². The molecule has 4 nitrogen and oxygen atoms in total. The van der Waals surface area contributed by atoms with Crippen molar-refractivity contribution < 1.29 is 18.4 Å². The van der Waals surface area contributed by atoms with E-state index in [9.17, 15) is 18.4 Å². The molecule has 0 aromatic heterocycles. The molecule has 2 amide bonds. The predicted octanol–water partition coefficient (Wildman–Crippen LogP) is 6.26. The van der Waals surface area contributed by atoms with Gasteiger partial charge in [-0.25, -0.2) is 13.7 Å². The number of carbonyl (C=O) groups excluding carboxylic acids is 2. The van der Waals surface area contributed by atoms with Gasteiger partial charge in [-0.3, -0.25) is 9.59 Å². The van der Waals surface area contributed by atoms with Crippen molar-refractivity contribution in [2.45, 2.75) is 4.90 Å². The standard InChI is InChI=1S/C22H12Cl2F2N2O2S/c23-12-5-8-14(9-6-12)31-20-19(27-13-7-10-16(25)15(24)11-13)21(29)28(22(20)30)18-4-2-1-3-17(18)26/h1-11,27H. The molecule has 1 heterocycles. The van der Waals surface area contributed by atoms with Crippen LogP contribution >= 0.6 is 35.0 Å². The highest BCUT2D eigenvalue weighted by Crippen LogP contribution is 2.39. The Morgan fingerprint density at radius 1 is 0.839 bits per heavy atom. The highest BCUT2D eigenvalue weighted by Gasteiger charge is 2.41. The minimum Gasteiger partial charge on any atom is -0.350 e. The van der Waals surface area contributed by atoms with E-state index >= 15 is 0 Å². The third-order valence-electron chi connectivity index (χ3n) is 4.36. The average Bonchev–Trinajstić information content (AvgIpc) is 2.97. The molecule has 0 unspecified atom stereocenters. The number of halogens is 4. The lowest BCUT2D eigenvalue weighted by Crippen LogP contribution is -2.33. The minimum atomic E-state index is -0.744. The second-order valence-electron chi connectivity index (χ2n) is 6.41. The molecule has 1 N–H and O–H groups in total. The first-order chi connectivity index (χ1) is 14.8. The third kappa shape index (κ3) is 4.30. The van der Waals surface area contributed by atoms with E-state index < -0.39 is 23.4 Å². The number of para-hydroxylation sites is 1. The third-order valence-corrected chi connectivity index (χ3v) is 5.99. The van der Waals surface area contributed by atoms with Crippen LogP contribution in [0.15, 0.2) is 82.2 Å². The van der Waals surface area contributed by atoms with Gasteiger partial charge in [0.05, 0.1) is 10.7 Å². The number of nitrogens with one attached hydrogen (secondary N) is 1. The van der Waals surface area contributed by atoms with Crippen molar-refractivity contribution in [3.63, 3.8) is 0 Å². The van der Waals surface area contributed by atoms with Crippen LogP contribution in [-0.2, 0) is 9.59 Å². The molecule has 0 fully saturated rings. The molecular formula is C22H12Cl2F2N2O2S. The van der Waals surface area contributed by atoms with Gasteiger partial charge in [0.15, 0.2) is 0 Å². The maximum Gasteiger partial charge on any atom is 0.283 e.